The molecule has 1 aromatic heterocycles. The van der Waals surface area contributed by atoms with E-state index in [1.54, 1.807) is 0 Å². The molecule has 0 radical (unpaired) electrons. The van der Waals surface area contributed by atoms with Crippen LogP contribution in [0.25, 0.3) is 10.9 Å². The maximum Gasteiger partial charge on any atom is 0.163 e. The van der Waals surface area contributed by atoms with Gasteiger partial charge in [0.15, 0.2) is 11.5 Å². The van der Waals surface area contributed by atoms with Crippen LogP contribution in [0.2, 0.25) is 0 Å². The summed E-state index contributed by atoms with van der Waals surface area (Å²) in [5, 5.41) is 16.2. The number of fused-ring (bicyclic) bond motifs is 2. The number of halogens is 1. The third-order valence-corrected chi connectivity index (χ3v) is 4.66. The summed E-state index contributed by atoms with van der Waals surface area (Å²) in [4.78, 5) is 8.74. The average Bonchev–Trinajstić information content (AvgIpc) is 2.67. The first-order valence-electron chi connectivity index (χ1n) is 8.65. The third-order valence-electron chi connectivity index (χ3n) is 4.17. The number of aromatic nitrogens is 2. The van der Waals surface area contributed by atoms with Gasteiger partial charge in [-0.05, 0) is 24.3 Å². The van der Waals surface area contributed by atoms with Gasteiger partial charge >= 0.3 is 0 Å². The number of hydrogen-bond acceptors (Lipinski definition) is 7. The van der Waals surface area contributed by atoms with Crippen molar-refractivity contribution in [3.05, 3.63) is 47.2 Å². The van der Waals surface area contributed by atoms with Gasteiger partial charge < -0.3 is 25.2 Å². The molecule has 4 rings (SSSR count). The standard InChI is InChI=1S/C19H19BrN4O3/c20-12-2-1-3-13(6-12)24-19-15-7-18-17(8-16(15)22-11-23-19)26-10-14(27-18)9-21-4-5-25/h1-3,6-8,11,14,21,25H,4-5,9-10H2,(H,22,23,24). The number of nitrogens with one attached hydrogen (secondary N) is 2. The van der Waals surface area contributed by atoms with E-state index >= 15 is 0 Å². The molecular formula is C19H19BrN4O3. The zero-order valence-corrected chi connectivity index (χ0v) is 16.1. The van der Waals surface area contributed by atoms with Crippen LogP contribution in [-0.2, 0) is 0 Å². The van der Waals surface area contributed by atoms with Crippen molar-refractivity contribution in [2.24, 2.45) is 0 Å². The maximum atomic E-state index is 8.88. The molecule has 0 amide bonds. The van der Waals surface area contributed by atoms with Gasteiger partial charge in [0.1, 0.15) is 24.9 Å². The van der Waals surface area contributed by atoms with Crippen molar-refractivity contribution in [2.45, 2.75) is 6.10 Å². The first-order chi connectivity index (χ1) is 13.2. The quantitative estimate of drug-likeness (QED) is 0.518. The summed E-state index contributed by atoms with van der Waals surface area (Å²) in [7, 11) is 0. The van der Waals surface area contributed by atoms with Gasteiger partial charge in [-0.2, -0.15) is 0 Å². The molecule has 1 atom stereocenters. The summed E-state index contributed by atoms with van der Waals surface area (Å²) in [5.41, 5.74) is 1.70. The van der Waals surface area contributed by atoms with Gasteiger partial charge in [-0.25, -0.2) is 9.97 Å². The topological polar surface area (TPSA) is 88.5 Å². The molecule has 0 saturated carbocycles. The van der Waals surface area contributed by atoms with E-state index in [-0.39, 0.29) is 12.7 Å². The van der Waals surface area contributed by atoms with E-state index in [1.807, 2.05) is 36.4 Å². The normalized spacial score (nSPS) is 15.7. The minimum absolute atomic E-state index is 0.0940. The van der Waals surface area contributed by atoms with Gasteiger partial charge in [-0.3, -0.25) is 0 Å². The Bertz CT molecular complexity index is 953. The largest absolute Gasteiger partial charge is 0.486 e. The molecule has 0 fully saturated rings. The van der Waals surface area contributed by atoms with Crippen LogP contribution < -0.4 is 20.1 Å². The fourth-order valence-corrected chi connectivity index (χ4v) is 3.31. The summed E-state index contributed by atoms with van der Waals surface area (Å²) in [6, 6.07) is 11.7. The highest BCUT2D eigenvalue weighted by molar-refractivity contribution is 9.10. The first-order valence-corrected chi connectivity index (χ1v) is 9.44. The van der Waals surface area contributed by atoms with Crippen molar-refractivity contribution in [1.82, 2.24) is 15.3 Å². The Labute approximate surface area is 164 Å². The van der Waals surface area contributed by atoms with Crippen molar-refractivity contribution < 1.29 is 14.6 Å². The number of aliphatic hydroxyl groups is 1. The molecule has 27 heavy (non-hydrogen) atoms. The highest BCUT2D eigenvalue weighted by Crippen LogP contribution is 2.37. The highest BCUT2D eigenvalue weighted by Gasteiger charge is 2.22. The summed E-state index contributed by atoms with van der Waals surface area (Å²) >= 11 is 3.48. The minimum Gasteiger partial charge on any atom is -0.486 e. The van der Waals surface area contributed by atoms with Crippen LogP contribution >= 0.6 is 15.9 Å². The van der Waals surface area contributed by atoms with Crippen LogP contribution in [0.1, 0.15) is 0 Å². The van der Waals surface area contributed by atoms with Gasteiger partial charge in [-0.15, -0.1) is 0 Å². The maximum absolute atomic E-state index is 8.88. The molecule has 0 aliphatic carbocycles. The van der Waals surface area contributed by atoms with Crippen molar-refractivity contribution in [3.63, 3.8) is 0 Å². The molecule has 1 aliphatic heterocycles. The lowest BCUT2D eigenvalue weighted by Gasteiger charge is -2.27. The Morgan fingerprint density at radius 1 is 1.19 bits per heavy atom. The molecular weight excluding hydrogens is 412 g/mol. The molecule has 0 spiro atoms. The molecule has 1 aliphatic rings. The SMILES string of the molecule is OCCNCC1COc2cc3ncnc(Nc4cccc(Br)c4)c3cc2O1. The second-order valence-electron chi connectivity index (χ2n) is 6.15. The Balaban J connectivity index is 1.62. The van der Waals surface area contributed by atoms with Crippen LogP contribution in [0, 0.1) is 0 Å². The summed E-state index contributed by atoms with van der Waals surface area (Å²) in [6.45, 7) is 1.67. The summed E-state index contributed by atoms with van der Waals surface area (Å²) in [5.74, 6) is 2.04. The van der Waals surface area contributed by atoms with Crippen molar-refractivity contribution >= 4 is 38.3 Å². The van der Waals surface area contributed by atoms with Crippen molar-refractivity contribution in [2.75, 3.05) is 31.6 Å². The van der Waals surface area contributed by atoms with Crippen molar-refractivity contribution in [1.29, 1.82) is 0 Å². The Morgan fingerprint density at radius 2 is 2.11 bits per heavy atom. The summed E-state index contributed by atoms with van der Waals surface area (Å²) < 4.78 is 12.9. The molecule has 140 valence electrons. The number of hydrogen-bond donors (Lipinski definition) is 3. The highest BCUT2D eigenvalue weighted by atomic mass is 79.9. The van der Waals surface area contributed by atoms with E-state index in [0.717, 1.165) is 21.1 Å². The lowest BCUT2D eigenvalue weighted by molar-refractivity contribution is 0.0898. The van der Waals surface area contributed by atoms with E-state index in [9.17, 15) is 0 Å². The molecule has 0 bridgehead atoms. The molecule has 2 aromatic carbocycles. The zero-order chi connectivity index (χ0) is 18.6. The molecule has 3 N–H and O–H groups in total. The second-order valence-corrected chi connectivity index (χ2v) is 7.07. The molecule has 3 aromatic rings. The number of rotatable bonds is 6. The van der Waals surface area contributed by atoms with Crippen LogP contribution in [0.3, 0.4) is 0 Å². The van der Waals surface area contributed by atoms with Gasteiger partial charge in [0.2, 0.25) is 0 Å². The van der Waals surface area contributed by atoms with Gasteiger partial charge in [0, 0.05) is 34.7 Å². The van der Waals surface area contributed by atoms with Crippen LogP contribution in [0.4, 0.5) is 11.5 Å². The lowest BCUT2D eigenvalue weighted by atomic mass is 10.2. The number of aliphatic hydroxyl groups excluding tert-OH is 1. The van der Waals surface area contributed by atoms with E-state index in [0.29, 0.717) is 37.0 Å². The molecule has 8 heteroatoms. The number of benzene rings is 2. The predicted octanol–water partition coefficient (Wildman–Crippen LogP) is 2.86. The van der Waals surface area contributed by atoms with Crippen LogP contribution in [0.5, 0.6) is 11.5 Å². The van der Waals surface area contributed by atoms with E-state index in [2.05, 4.69) is 36.5 Å². The monoisotopic (exact) mass is 430 g/mol. The molecule has 7 nitrogen and oxygen atoms in total. The lowest BCUT2D eigenvalue weighted by Crippen LogP contribution is -2.39. The van der Waals surface area contributed by atoms with Crippen LogP contribution in [0.15, 0.2) is 47.2 Å². The van der Waals surface area contributed by atoms with E-state index in [4.69, 9.17) is 14.6 Å². The second kappa shape index (κ2) is 8.08. The fourth-order valence-electron chi connectivity index (χ4n) is 2.91. The number of ether oxygens (including phenoxy) is 2. The Kier molecular flexibility index (Phi) is 5.38. The van der Waals surface area contributed by atoms with Crippen molar-refractivity contribution in [3.8, 4) is 11.5 Å². The first kappa shape index (κ1) is 18.0. The minimum atomic E-state index is -0.118. The van der Waals surface area contributed by atoms with Gasteiger partial charge in [-0.1, -0.05) is 22.0 Å². The smallest absolute Gasteiger partial charge is 0.163 e. The number of nitrogens with zero attached hydrogens (tertiary/aromatic N) is 2. The number of anilines is 2. The third kappa shape index (κ3) is 4.13. The Hall–Kier alpha value is -2.42. The molecule has 2 heterocycles. The van der Waals surface area contributed by atoms with Crippen LogP contribution in [-0.4, -0.2) is 47.5 Å². The Morgan fingerprint density at radius 3 is 2.96 bits per heavy atom. The molecule has 0 saturated heterocycles. The van der Waals surface area contributed by atoms with Gasteiger partial charge in [0.05, 0.1) is 12.1 Å². The predicted molar refractivity (Wildman–Crippen MR) is 107 cm³/mol. The zero-order valence-electron chi connectivity index (χ0n) is 14.5. The summed E-state index contributed by atoms with van der Waals surface area (Å²) in [6.07, 6.45) is 1.41. The van der Waals surface area contributed by atoms with E-state index in [1.165, 1.54) is 6.33 Å². The molecule has 1 unspecified atom stereocenters. The fraction of sp³-hybridized carbons (Fsp3) is 0.263. The van der Waals surface area contributed by atoms with Gasteiger partial charge in [0.25, 0.3) is 0 Å². The van der Waals surface area contributed by atoms with E-state index < -0.39 is 0 Å². The average molecular weight is 431 g/mol.